The number of rotatable bonds is 1. The van der Waals surface area contributed by atoms with Gasteiger partial charge in [-0.3, -0.25) is 0 Å². The molecule has 0 spiro atoms. The molecule has 0 bridgehead atoms. The molecule has 0 saturated heterocycles. The Labute approximate surface area is 109 Å². The Bertz CT molecular complexity index is 609. The van der Waals surface area contributed by atoms with E-state index in [0.717, 1.165) is 22.3 Å². The molecule has 2 rings (SSSR count). The zero-order valence-corrected chi connectivity index (χ0v) is 10.6. The second kappa shape index (κ2) is 5.76. The topological polar surface area (TPSA) is 0 Å². The largest absolute Gasteiger partial charge is 0.101 e. The molecule has 0 aromatic heterocycles. The van der Waals surface area contributed by atoms with E-state index < -0.39 is 0 Å². The van der Waals surface area contributed by atoms with Crippen molar-refractivity contribution in [2.24, 2.45) is 0 Å². The lowest BCUT2D eigenvalue weighted by Crippen LogP contribution is -1.87. The Kier molecular flexibility index (Phi) is 3.85. The van der Waals surface area contributed by atoms with Crippen LogP contribution < -0.4 is 0 Å². The first-order valence-electron chi connectivity index (χ1n) is 5.90. The smallest absolute Gasteiger partial charge is 0.0324 e. The van der Waals surface area contributed by atoms with Crippen LogP contribution in [0.2, 0.25) is 0 Å². The lowest BCUT2D eigenvalue weighted by molar-refractivity contribution is 1.55. The van der Waals surface area contributed by atoms with Crippen LogP contribution in [0.1, 0.15) is 25.0 Å². The third-order valence-electron chi connectivity index (χ3n) is 2.66. The SMILES string of the molecule is CC#Cc1ccccc1-c1ccccc1C#CC. The predicted molar refractivity (Wildman–Crippen MR) is 77.0 cm³/mol. The van der Waals surface area contributed by atoms with Crippen molar-refractivity contribution in [1.29, 1.82) is 0 Å². The van der Waals surface area contributed by atoms with Crippen LogP contribution in [0.4, 0.5) is 0 Å². The van der Waals surface area contributed by atoms with Gasteiger partial charge in [-0.2, -0.15) is 0 Å². The highest BCUT2D eigenvalue weighted by Gasteiger charge is 2.05. The maximum absolute atomic E-state index is 3.15. The average molecular weight is 230 g/mol. The third-order valence-corrected chi connectivity index (χ3v) is 2.66. The van der Waals surface area contributed by atoms with Gasteiger partial charge in [-0.25, -0.2) is 0 Å². The maximum Gasteiger partial charge on any atom is 0.0324 e. The normalized spacial score (nSPS) is 8.78. The van der Waals surface area contributed by atoms with Gasteiger partial charge in [0, 0.05) is 11.1 Å². The molecular formula is C18H14. The van der Waals surface area contributed by atoms with Gasteiger partial charge in [0.15, 0.2) is 0 Å². The van der Waals surface area contributed by atoms with E-state index in [1.54, 1.807) is 0 Å². The molecule has 0 nitrogen and oxygen atoms in total. The first kappa shape index (κ1) is 12.0. The van der Waals surface area contributed by atoms with Crippen molar-refractivity contribution in [3.05, 3.63) is 59.7 Å². The zero-order chi connectivity index (χ0) is 12.8. The fourth-order valence-electron chi connectivity index (χ4n) is 1.92. The third kappa shape index (κ3) is 2.45. The van der Waals surface area contributed by atoms with Gasteiger partial charge in [0.2, 0.25) is 0 Å². The van der Waals surface area contributed by atoms with Crippen LogP contribution in [0.5, 0.6) is 0 Å². The van der Waals surface area contributed by atoms with E-state index in [1.807, 2.05) is 50.2 Å². The first-order valence-corrected chi connectivity index (χ1v) is 5.90. The summed E-state index contributed by atoms with van der Waals surface area (Å²) in [5, 5.41) is 0. The first-order chi connectivity index (χ1) is 8.86. The summed E-state index contributed by atoms with van der Waals surface area (Å²) >= 11 is 0. The van der Waals surface area contributed by atoms with Crippen LogP contribution in [0, 0.1) is 23.7 Å². The number of hydrogen-bond donors (Lipinski definition) is 0. The summed E-state index contributed by atoms with van der Waals surface area (Å²) in [7, 11) is 0. The lowest BCUT2D eigenvalue weighted by atomic mass is 9.96. The van der Waals surface area contributed by atoms with Crippen LogP contribution in [0.25, 0.3) is 11.1 Å². The maximum atomic E-state index is 3.15. The fraction of sp³-hybridized carbons (Fsp3) is 0.111. The molecule has 0 saturated carbocycles. The molecule has 86 valence electrons. The fourth-order valence-corrected chi connectivity index (χ4v) is 1.92. The summed E-state index contributed by atoms with van der Waals surface area (Å²) < 4.78 is 0. The number of benzene rings is 2. The average Bonchev–Trinajstić information content (AvgIpc) is 2.41. The van der Waals surface area contributed by atoms with Crippen LogP contribution in [0.3, 0.4) is 0 Å². The van der Waals surface area contributed by atoms with Crippen molar-refractivity contribution in [1.82, 2.24) is 0 Å². The molecule has 18 heavy (non-hydrogen) atoms. The molecule has 0 unspecified atom stereocenters. The quantitative estimate of drug-likeness (QED) is 0.647. The van der Waals surface area contributed by atoms with Crippen molar-refractivity contribution in [2.75, 3.05) is 0 Å². The molecule has 0 atom stereocenters. The molecule has 0 heteroatoms. The van der Waals surface area contributed by atoms with Gasteiger partial charge in [0.1, 0.15) is 0 Å². The van der Waals surface area contributed by atoms with Crippen LogP contribution in [0.15, 0.2) is 48.5 Å². The van der Waals surface area contributed by atoms with E-state index in [-0.39, 0.29) is 0 Å². The lowest BCUT2D eigenvalue weighted by Gasteiger charge is -2.07. The van der Waals surface area contributed by atoms with E-state index >= 15 is 0 Å². The number of hydrogen-bond acceptors (Lipinski definition) is 0. The van der Waals surface area contributed by atoms with E-state index in [9.17, 15) is 0 Å². The second-order valence-electron chi connectivity index (χ2n) is 3.84. The highest BCUT2D eigenvalue weighted by atomic mass is 14.1. The van der Waals surface area contributed by atoms with Crippen molar-refractivity contribution in [2.45, 2.75) is 13.8 Å². The molecule has 0 amide bonds. The second-order valence-corrected chi connectivity index (χ2v) is 3.84. The van der Waals surface area contributed by atoms with E-state index in [2.05, 4.69) is 35.8 Å². The predicted octanol–water partition coefficient (Wildman–Crippen LogP) is 4.10. The van der Waals surface area contributed by atoms with Gasteiger partial charge in [0.05, 0.1) is 0 Å². The summed E-state index contributed by atoms with van der Waals surface area (Å²) in [6, 6.07) is 16.4. The van der Waals surface area contributed by atoms with Crippen LogP contribution in [-0.4, -0.2) is 0 Å². The Morgan fingerprint density at radius 2 is 1.00 bits per heavy atom. The Morgan fingerprint density at radius 1 is 0.611 bits per heavy atom. The molecule has 0 N–H and O–H groups in total. The van der Waals surface area contributed by atoms with Crippen molar-refractivity contribution in [3.63, 3.8) is 0 Å². The monoisotopic (exact) mass is 230 g/mol. The van der Waals surface area contributed by atoms with Crippen LogP contribution >= 0.6 is 0 Å². The molecule has 2 aromatic carbocycles. The Hall–Kier alpha value is -2.44. The molecular weight excluding hydrogens is 216 g/mol. The molecule has 0 radical (unpaired) electrons. The van der Waals surface area contributed by atoms with E-state index in [0.29, 0.717) is 0 Å². The minimum atomic E-state index is 1.05. The summed E-state index contributed by atoms with van der Waals surface area (Å²) in [4.78, 5) is 0. The summed E-state index contributed by atoms with van der Waals surface area (Å²) in [6.07, 6.45) is 0. The minimum Gasteiger partial charge on any atom is -0.101 e. The molecule has 0 aliphatic rings. The highest BCUT2D eigenvalue weighted by Crippen LogP contribution is 2.26. The summed E-state index contributed by atoms with van der Waals surface area (Å²) in [6.45, 7) is 3.71. The van der Waals surface area contributed by atoms with Crippen molar-refractivity contribution >= 4 is 0 Å². The van der Waals surface area contributed by atoms with Gasteiger partial charge >= 0.3 is 0 Å². The van der Waals surface area contributed by atoms with Crippen molar-refractivity contribution < 1.29 is 0 Å². The summed E-state index contributed by atoms with van der Waals surface area (Å²) in [5.74, 6) is 12.2. The molecule has 0 aliphatic heterocycles. The van der Waals surface area contributed by atoms with Gasteiger partial charge in [-0.05, 0) is 37.1 Å². The molecule has 0 heterocycles. The van der Waals surface area contributed by atoms with Gasteiger partial charge < -0.3 is 0 Å². The molecule has 0 fully saturated rings. The Morgan fingerprint density at radius 3 is 1.39 bits per heavy atom. The van der Waals surface area contributed by atoms with Crippen molar-refractivity contribution in [3.8, 4) is 34.8 Å². The van der Waals surface area contributed by atoms with Gasteiger partial charge in [-0.1, -0.05) is 48.2 Å². The van der Waals surface area contributed by atoms with E-state index in [4.69, 9.17) is 0 Å². The standard InChI is InChI=1S/C18H14/c1-3-9-15-11-5-7-13-17(15)18-14-8-6-12-16(18)10-4-2/h5-8,11-14H,1-2H3. The minimum absolute atomic E-state index is 1.05. The van der Waals surface area contributed by atoms with Gasteiger partial charge in [0.25, 0.3) is 0 Å². The highest BCUT2D eigenvalue weighted by molar-refractivity contribution is 5.76. The molecule has 0 aliphatic carbocycles. The molecule has 2 aromatic rings. The van der Waals surface area contributed by atoms with E-state index in [1.165, 1.54) is 0 Å². The van der Waals surface area contributed by atoms with Crippen LogP contribution in [-0.2, 0) is 0 Å². The van der Waals surface area contributed by atoms with Gasteiger partial charge in [-0.15, -0.1) is 11.8 Å². The zero-order valence-electron chi connectivity index (χ0n) is 10.6. The Balaban J connectivity index is 2.67. The summed E-state index contributed by atoms with van der Waals surface area (Å²) in [5.41, 5.74) is 4.38.